The van der Waals surface area contributed by atoms with Crippen molar-refractivity contribution in [3.8, 4) is 0 Å². The average Bonchev–Trinajstić information content (AvgIpc) is 2.78. The molecule has 4 heteroatoms. The third kappa shape index (κ3) is 1.67. The Labute approximate surface area is 99.2 Å². The predicted molar refractivity (Wildman–Crippen MR) is 60.7 cm³/mol. The van der Waals surface area contributed by atoms with E-state index < -0.39 is 11.6 Å². The first-order valence-corrected chi connectivity index (χ1v) is 6.14. The molecular formula is C13H16F2N2. The molecule has 2 saturated carbocycles. The number of halogens is 2. The van der Waals surface area contributed by atoms with Gasteiger partial charge in [-0.3, -0.25) is 11.3 Å². The lowest BCUT2D eigenvalue weighted by Gasteiger charge is -2.19. The Morgan fingerprint density at radius 2 is 1.76 bits per heavy atom. The molecule has 0 heterocycles. The second kappa shape index (κ2) is 4.03. The number of fused-ring (bicyclic) bond motifs is 1. The van der Waals surface area contributed by atoms with Crippen molar-refractivity contribution in [3.63, 3.8) is 0 Å². The smallest absolute Gasteiger partial charge is 0.130 e. The SMILES string of the molecule is NNC(c1c(F)cccc1F)C1C2CCCC21. The van der Waals surface area contributed by atoms with Crippen LogP contribution in [0.15, 0.2) is 18.2 Å². The van der Waals surface area contributed by atoms with Crippen molar-refractivity contribution < 1.29 is 8.78 Å². The summed E-state index contributed by atoms with van der Waals surface area (Å²) in [4.78, 5) is 0. The van der Waals surface area contributed by atoms with Gasteiger partial charge in [-0.15, -0.1) is 0 Å². The monoisotopic (exact) mass is 238 g/mol. The van der Waals surface area contributed by atoms with Gasteiger partial charge in [0, 0.05) is 5.56 Å². The van der Waals surface area contributed by atoms with Crippen LogP contribution in [0, 0.1) is 29.4 Å². The van der Waals surface area contributed by atoms with Crippen LogP contribution in [0.4, 0.5) is 8.78 Å². The molecule has 3 N–H and O–H groups in total. The van der Waals surface area contributed by atoms with Crippen LogP contribution in [-0.4, -0.2) is 0 Å². The molecule has 1 aromatic rings. The van der Waals surface area contributed by atoms with Crippen molar-refractivity contribution in [2.24, 2.45) is 23.6 Å². The van der Waals surface area contributed by atoms with E-state index in [0.29, 0.717) is 17.8 Å². The molecule has 2 nitrogen and oxygen atoms in total. The summed E-state index contributed by atoms with van der Waals surface area (Å²) in [6.07, 6.45) is 3.58. The summed E-state index contributed by atoms with van der Waals surface area (Å²) >= 11 is 0. The first kappa shape index (κ1) is 11.1. The summed E-state index contributed by atoms with van der Waals surface area (Å²) in [5, 5.41) is 0. The van der Waals surface area contributed by atoms with Crippen LogP contribution >= 0.6 is 0 Å². The topological polar surface area (TPSA) is 38.0 Å². The van der Waals surface area contributed by atoms with Crippen LogP contribution in [0.1, 0.15) is 30.9 Å². The van der Waals surface area contributed by atoms with Crippen LogP contribution < -0.4 is 11.3 Å². The molecule has 0 aliphatic heterocycles. The Balaban J connectivity index is 1.91. The molecule has 1 aromatic carbocycles. The van der Waals surface area contributed by atoms with Gasteiger partial charge in [0.15, 0.2) is 0 Å². The van der Waals surface area contributed by atoms with E-state index in [-0.39, 0.29) is 11.6 Å². The van der Waals surface area contributed by atoms with Gasteiger partial charge in [0.1, 0.15) is 11.6 Å². The molecule has 2 aliphatic rings. The van der Waals surface area contributed by atoms with Crippen molar-refractivity contribution in [1.29, 1.82) is 0 Å². The Kier molecular flexibility index (Phi) is 2.64. The van der Waals surface area contributed by atoms with Gasteiger partial charge in [0.2, 0.25) is 0 Å². The average molecular weight is 238 g/mol. The third-order valence-electron chi connectivity index (χ3n) is 4.35. The zero-order valence-electron chi connectivity index (χ0n) is 9.50. The van der Waals surface area contributed by atoms with E-state index in [9.17, 15) is 8.78 Å². The van der Waals surface area contributed by atoms with E-state index in [1.165, 1.54) is 37.5 Å². The minimum absolute atomic E-state index is 0.106. The molecule has 0 amide bonds. The summed E-state index contributed by atoms with van der Waals surface area (Å²) in [6, 6.07) is 3.59. The van der Waals surface area contributed by atoms with Gasteiger partial charge >= 0.3 is 0 Å². The lowest BCUT2D eigenvalue weighted by molar-refractivity contribution is 0.393. The number of hydrazine groups is 1. The van der Waals surface area contributed by atoms with Crippen LogP contribution in [-0.2, 0) is 0 Å². The molecule has 0 saturated heterocycles. The number of nitrogens with two attached hydrogens (primary N) is 1. The Morgan fingerprint density at radius 1 is 1.18 bits per heavy atom. The zero-order chi connectivity index (χ0) is 12.0. The maximum atomic E-state index is 13.7. The van der Waals surface area contributed by atoms with Crippen molar-refractivity contribution >= 4 is 0 Å². The van der Waals surface area contributed by atoms with Crippen molar-refractivity contribution in [2.45, 2.75) is 25.3 Å². The van der Waals surface area contributed by atoms with Crippen molar-refractivity contribution in [1.82, 2.24) is 5.43 Å². The first-order valence-electron chi connectivity index (χ1n) is 6.14. The van der Waals surface area contributed by atoms with Crippen LogP contribution in [0.25, 0.3) is 0 Å². The molecule has 3 unspecified atom stereocenters. The summed E-state index contributed by atoms with van der Waals surface area (Å²) in [7, 11) is 0. The highest BCUT2D eigenvalue weighted by atomic mass is 19.1. The van der Waals surface area contributed by atoms with Gasteiger partial charge in [-0.2, -0.15) is 0 Å². The highest BCUT2D eigenvalue weighted by Gasteiger charge is 2.56. The molecule has 17 heavy (non-hydrogen) atoms. The fourth-order valence-corrected chi connectivity index (χ4v) is 3.57. The fraction of sp³-hybridized carbons (Fsp3) is 0.538. The van der Waals surface area contributed by atoms with Crippen molar-refractivity contribution in [3.05, 3.63) is 35.4 Å². The first-order chi connectivity index (χ1) is 8.24. The number of benzene rings is 1. The Bertz CT molecular complexity index is 405. The number of hydrogen-bond acceptors (Lipinski definition) is 2. The minimum atomic E-state index is -0.502. The number of rotatable bonds is 3. The van der Waals surface area contributed by atoms with Gasteiger partial charge in [-0.05, 0) is 42.7 Å². The molecule has 0 radical (unpaired) electrons. The Morgan fingerprint density at radius 3 is 2.29 bits per heavy atom. The molecule has 3 rings (SSSR count). The third-order valence-corrected chi connectivity index (χ3v) is 4.35. The second-order valence-corrected chi connectivity index (χ2v) is 5.12. The van der Waals surface area contributed by atoms with E-state index >= 15 is 0 Å². The van der Waals surface area contributed by atoms with E-state index in [1.807, 2.05) is 0 Å². The summed E-state index contributed by atoms with van der Waals surface area (Å²) < 4.78 is 27.4. The van der Waals surface area contributed by atoms with Gasteiger partial charge < -0.3 is 0 Å². The molecule has 2 fully saturated rings. The van der Waals surface area contributed by atoms with Crippen LogP contribution in [0.3, 0.4) is 0 Å². The second-order valence-electron chi connectivity index (χ2n) is 5.12. The maximum absolute atomic E-state index is 13.7. The quantitative estimate of drug-likeness (QED) is 0.627. The molecule has 0 spiro atoms. The van der Waals surface area contributed by atoms with E-state index in [1.54, 1.807) is 0 Å². The number of nitrogens with one attached hydrogen (secondary N) is 1. The predicted octanol–water partition coefficient (Wildman–Crippen LogP) is 2.52. The van der Waals surface area contributed by atoms with Crippen LogP contribution in [0.2, 0.25) is 0 Å². The largest absolute Gasteiger partial charge is 0.271 e. The normalized spacial score (nSPS) is 32.3. The van der Waals surface area contributed by atoms with Crippen LogP contribution in [0.5, 0.6) is 0 Å². The minimum Gasteiger partial charge on any atom is -0.271 e. The number of hydrogen-bond donors (Lipinski definition) is 2. The zero-order valence-corrected chi connectivity index (χ0v) is 9.50. The molecule has 3 atom stereocenters. The van der Waals surface area contributed by atoms with E-state index in [0.717, 1.165) is 0 Å². The molecular weight excluding hydrogens is 222 g/mol. The van der Waals surface area contributed by atoms with Crippen molar-refractivity contribution in [2.75, 3.05) is 0 Å². The van der Waals surface area contributed by atoms with Gasteiger partial charge in [0.25, 0.3) is 0 Å². The lowest BCUT2D eigenvalue weighted by atomic mass is 9.96. The summed E-state index contributed by atoms with van der Waals surface area (Å²) in [6.45, 7) is 0. The lowest BCUT2D eigenvalue weighted by Crippen LogP contribution is -2.32. The van der Waals surface area contributed by atoms with E-state index in [2.05, 4.69) is 5.43 Å². The molecule has 0 aromatic heterocycles. The highest BCUT2D eigenvalue weighted by molar-refractivity contribution is 5.27. The van der Waals surface area contributed by atoms with Gasteiger partial charge in [-0.1, -0.05) is 12.5 Å². The summed E-state index contributed by atoms with van der Waals surface area (Å²) in [5.41, 5.74) is 2.72. The molecule has 92 valence electrons. The maximum Gasteiger partial charge on any atom is 0.130 e. The fourth-order valence-electron chi connectivity index (χ4n) is 3.57. The molecule has 0 bridgehead atoms. The van der Waals surface area contributed by atoms with Gasteiger partial charge in [0.05, 0.1) is 6.04 Å². The summed E-state index contributed by atoms with van der Waals surface area (Å²) in [5.74, 6) is 6.02. The highest BCUT2D eigenvalue weighted by Crippen LogP contribution is 2.62. The van der Waals surface area contributed by atoms with E-state index in [4.69, 9.17) is 5.84 Å². The molecule has 2 aliphatic carbocycles. The van der Waals surface area contributed by atoms with Gasteiger partial charge in [-0.25, -0.2) is 8.78 Å². The standard InChI is InChI=1S/C13H16F2N2/c14-9-5-2-6-10(15)12(9)13(17-16)11-7-3-1-4-8(7)11/h2,5-8,11,13,17H,1,3-4,16H2. The Hall–Kier alpha value is -1.00.